The minimum atomic E-state index is 0.139. The number of phenols is 2. The van der Waals surface area contributed by atoms with Crippen LogP contribution in [0.1, 0.15) is 31.2 Å². The van der Waals surface area contributed by atoms with Gasteiger partial charge in [0, 0.05) is 38.9 Å². The number of fused-ring (bicyclic) bond motifs is 1. The minimum absolute atomic E-state index is 0.139. The number of aromatic hydroxyl groups is 2. The second-order valence-corrected chi connectivity index (χ2v) is 8.37. The Morgan fingerprint density at radius 3 is 2.31 bits per heavy atom. The number of rotatable bonds is 8. The van der Waals surface area contributed by atoms with Crippen molar-refractivity contribution in [2.75, 3.05) is 45.9 Å². The second kappa shape index (κ2) is 8.15. The summed E-state index contributed by atoms with van der Waals surface area (Å²) in [5.74, 6) is 2.59. The number of piperidine rings is 2. The zero-order chi connectivity index (χ0) is 17.9. The van der Waals surface area contributed by atoms with Crippen molar-refractivity contribution in [1.82, 2.24) is 9.80 Å². The molecular weight excluding hydrogens is 328 g/mol. The highest BCUT2D eigenvalue weighted by atomic mass is 16.5. The lowest BCUT2D eigenvalue weighted by Gasteiger charge is -2.26. The van der Waals surface area contributed by atoms with Crippen LogP contribution in [0.4, 0.5) is 0 Å². The Morgan fingerprint density at radius 1 is 0.923 bits per heavy atom. The van der Waals surface area contributed by atoms with Crippen LogP contribution < -0.4 is 0 Å². The van der Waals surface area contributed by atoms with E-state index >= 15 is 0 Å². The molecule has 0 radical (unpaired) electrons. The zero-order valence-corrected chi connectivity index (χ0v) is 15.6. The van der Waals surface area contributed by atoms with Gasteiger partial charge in [0.05, 0.1) is 6.61 Å². The van der Waals surface area contributed by atoms with Gasteiger partial charge in [-0.05, 0) is 67.8 Å². The highest BCUT2D eigenvalue weighted by Gasteiger charge is 2.55. The molecule has 2 heterocycles. The van der Waals surface area contributed by atoms with E-state index in [0.29, 0.717) is 0 Å². The number of ether oxygens (including phenoxy) is 1. The molecular formula is C21H32N2O3. The molecule has 5 nitrogen and oxygen atoms in total. The summed E-state index contributed by atoms with van der Waals surface area (Å²) < 4.78 is 5.96. The first-order valence-electron chi connectivity index (χ1n) is 10.2. The van der Waals surface area contributed by atoms with Gasteiger partial charge in [0.2, 0.25) is 0 Å². The third-order valence-electron chi connectivity index (χ3n) is 6.34. The van der Waals surface area contributed by atoms with Gasteiger partial charge in [0.25, 0.3) is 0 Å². The summed E-state index contributed by atoms with van der Waals surface area (Å²) in [7, 11) is 0. The summed E-state index contributed by atoms with van der Waals surface area (Å²) in [6, 6.07) is 4.86. The molecule has 3 aliphatic rings. The van der Waals surface area contributed by atoms with Gasteiger partial charge < -0.3 is 19.8 Å². The molecule has 144 valence electrons. The van der Waals surface area contributed by atoms with Crippen LogP contribution in [0.15, 0.2) is 18.2 Å². The van der Waals surface area contributed by atoms with Crippen LogP contribution in [0, 0.1) is 17.8 Å². The number of hydrogen-bond donors (Lipinski definition) is 2. The summed E-state index contributed by atoms with van der Waals surface area (Å²) in [5, 5.41) is 19.2. The maximum atomic E-state index is 9.60. The van der Waals surface area contributed by atoms with Crippen LogP contribution in [0.3, 0.4) is 0 Å². The van der Waals surface area contributed by atoms with Crippen LogP contribution >= 0.6 is 0 Å². The lowest BCUT2D eigenvalue weighted by molar-refractivity contribution is 0.0967. The Kier molecular flexibility index (Phi) is 5.67. The number of nitrogens with zero attached hydrogens (tertiary/aromatic N) is 2. The molecule has 4 rings (SSSR count). The third-order valence-corrected chi connectivity index (χ3v) is 6.34. The van der Waals surface area contributed by atoms with Crippen LogP contribution in [0.25, 0.3) is 0 Å². The third kappa shape index (κ3) is 4.51. The molecule has 2 unspecified atom stereocenters. The van der Waals surface area contributed by atoms with Gasteiger partial charge in [-0.25, -0.2) is 0 Å². The molecule has 26 heavy (non-hydrogen) atoms. The van der Waals surface area contributed by atoms with Crippen LogP contribution in [-0.4, -0.2) is 66.0 Å². The van der Waals surface area contributed by atoms with Crippen LogP contribution in [0.5, 0.6) is 11.5 Å². The predicted octanol–water partition coefficient (Wildman–Crippen LogP) is 2.67. The molecule has 1 saturated carbocycles. The largest absolute Gasteiger partial charge is 0.508 e. The molecule has 3 fully saturated rings. The topological polar surface area (TPSA) is 56.2 Å². The number of benzene rings is 1. The zero-order valence-electron chi connectivity index (χ0n) is 15.6. The van der Waals surface area contributed by atoms with E-state index in [1.54, 1.807) is 12.1 Å². The normalized spacial score (nSPS) is 29.0. The first-order valence-corrected chi connectivity index (χ1v) is 10.2. The lowest BCUT2D eigenvalue weighted by Crippen LogP contribution is -2.31. The molecule has 0 bridgehead atoms. The SMILES string of the molecule is Oc1cc(O)cc(CN2CC3C(COCCCN4CCCCC4)[C@H]3C2)c1. The first kappa shape index (κ1) is 18.1. The highest BCUT2D eigenvalue weighted by molar-refractivity contribution is 5.36. The number of likely N-dealkylation sites (tertiary alicyclic amines) is 2. The van der Waals surface area contributed by atoms with Crippen molar-refractivity contribution in [2.24, 2.45) is 17.8 Å². The summed E-state index contributed by atoms with van der Waals surface area (Å²) in [4.78, 5) is 5.01. The average molecular weight is 360 g/mol. The second-order valence-electron chi connectivity index (χ2n) is 8.37. The van der Waals surface area contributed by atoms with Gasteiger partial charge in [0.15, 0.2) is 0 Å². The van der Waals surface area contributed by atoms with E-state index in [9.17, 15) is 10.2 Å². The lowest BCUT2D eigenvalue weighted by atomic mass is 10.1. The van der Waals surface area contributed by atoms with E-state index in [1.807, 2.05) is 0 Å². The number of phenolic OH excluding ortho intramolecular Hbond substituents is 2. The van der Waals surface area contributed by atoms with Crippen molar-refractivity contribution in [3.05, 3.63) is 23.8 Å². The summed E-state index contributed by atoms with van der Waals surface area (Å²) >= 11 is 0. The fraction of sp³-hybridized carbons (Fsp3) is 0.714. The Labute approximate surface area is 156 Å². The van der Waals surface area contributed by atoms with Gasteiger partial charge in [-0.15, -0.1) is 0 Å². The Bertz CT molecular complexity index is 571. The van der Waals surface area contributed by atoms with Gasteiger partial charge in [-0.1, -0.05) is 6.42 Å². The standard InChI is InChI=1S/C21H32N2O3/c24-17-9-16(10-18(25)11-17)12-23-13-19-20(14-23)21(19)15-26-8-4-7-22-5-2-1-3-6-22/h9-11,19-21,24-25H,1-8,12-15H2/t19-,20?,21?/m0/s1. The van der Waals surface area contributed by atoms with Crippen molar-refractivity contribution in [1.29, 1.82) is 0 Å². The van der Waals surface area contributed by atoms with Crippen molar-refractivity contribution in [3.63, 3.8) is 0 Å². The quantitative estimate of drug-likeness (QED) is 0.698. The van der Waals surface area contributed by atoms with Crippen molar-refractivity contribution >= 4 is 0 Å². The maximum Gasteiger partial charge on any atom is 0.119 e. The molecule has 5 heteroatoms. The molecule has 0 aromatic heterocycles. The Morgan fingerprint density at radius 2 is 1.62 bits per heavy atom. The molecule has 1 aliphatic carbocycles. The fourth-order valence-corrected chi connectivity index (χ4v) is 4.91. The van der Waals surface area contributed by atoms with Crippen molar-refractivity contribution in [3.8, 4) is 11.5 Å². The first-order chi connectivity index (χ1) is 12.7. The molecule has 2 saturated heterocycles. The molecule has 1 aromatic carbocycles. The monoisotopic (exact) mass is 360 g/mol. The molecule has 0 amide bonds. The predicted molar refractivity (Wildman–Crippen MR) is 101 cm³/mol. The summed E-state index contributed by atoms with van der Waals surface area (Å²) in [6.45, 7) is 8.61. The Hall–Kier alpha value is -1.30. The van der Waals surface area contributed by atoms with Crippen molar-refractivity contribution < 1.29 is 14.9 Å². The van der Waals surface area contributed by atoms with Crippen LogP contribution in [0.2, 0.25) is 0 Å². The molecule has 0 spiro atoms. The average Bonchev–Trinajstić information content (AvgIpc) is 3.06. The fourth-order valence-electron chi connectivity index (χ4n) is 4.91. The maximum absolute atomic E-state index is 9.60. The Balaban J connectivity index is 1.10. The number of hydrogen-bond acceptors (Lipinski definition) is 5. The van der Waals surface area contributed by atoms with Gasteiger partial charge >= 0.3 is 0 Å². The molecule has 2 N–H and O–H groups in total. The molecule has 1 aromatic rings. The van der Waals surface area contributed by atoms with E-state index in [2.05, 4.69) is 9.80 Å². The van der Waals surface area contributed by atoms with Crippen molar-refractivity contribution in [2.45, 2.75) is 32.2 Å². The van der Waals surface area contributed by atoms with E-state index in [4.69, 9.17) is 4.74 Å². The summed E-state index contributed by atoms with van der Waals surface area (Å²) in [6.07, 6.45) is 5.30. The van der Waals surface area contributed by atoms with E-state index in [-0.39, 0.29) is 11.5 Å². The summed E-state index contributed by atoms with van der Waals surface area (Å²) in [5.41, 5.74) is 0.981. The van der Waals surface area contributed by atoms with Crippen LogP contribution in [-0.2, 0) is 11.3 Å². The molecule has 3 atom stereocenters. The van der Waals surface area contributed by atoms with Gasteiger partial charge in [-0.3, -0.25) is 4.90 Å². The van der Waals surface area contributed by atoms with E-state index in [0.717, 1.165) is 62.6 Å². The molecule has 2 aliphatic heterocycles. The van der Waals surface area contributed by atoms with Gasteiger partial charge in [0.1, 0.15) is 11.5 Å². The van der Waals surface area contributed by atoms with Gasteiger partial charge in [-0.2, -0.15) is 0 Å². The smallest absolute Gasteiger partial charge is 0.119 e. The highest BCUT2D eigenvalue weighted by Crippen LogP contribution is 2.52. The van der Waals surface area contributed by atoms with E-state index in [1.165, 1.54) is 45.0 Å². The minimum Gasteiger partial charge on any atom is -0.508 e. The van der Waals surface area contributed by atoms with E-state index < -0.39 is 0 Å².